The van der Waals surface area contributed by atoms with Crippen LogP contribution in [0.1, 0.15) is 24.2 Å². The molecule has 0 saturated heterocycles. The van der Waals surface area contributed by atoms with Gasteiger partial charge >= 0.3 is 5.97 Å². The lowest BCUT2D eigenvalue weighted by Crippen LogP contribution is -2.21. The number of rotatable bonds is 7. The van der Waals surface area contributed by atoms with Gasteiger partial charge in [-0.15, -0.1) is 0 Å². The fourth-order valence-corrected chi connectivity index (χ4v) is 2.10. The Morgan fingerprint density at radius 1 is 1.15 bits per heavy atom. The summed E-state index contributed by atoms with van der Waals surface area (Å²) in [4.78, 5) is 23.7. The molecule has 2 aromatic rings. The van der Waals surface area contributed by atoms with Crippen LogP contribution >= 0.6 is 11.6 Å². The molecule has 1 N–H and O–H groups in total. The molecule has 0 unspecified atom stereocenters. The third-order valence-corrected chi connectivity index (χ3v) is 3.45. The normalized spacial score (nSPS) is 10.5. The summed E-state index contributed by atoms with van der Waals surface area (Å²) in [6, 6.07) is 10.3. The highest BCUT2D eigenvalue weighted by Crippen LogP contribution is 2.19. The molecule has 138 valence electrons. The summed E-state index contributed by atoms with van der Waals surface area (Å²) in [6.45, 7) is 4.11. The van der Waals surface area contributed by atoms with Crippen LogP contribution in [0.15, 0.2) is 42.5 Å². The van der Waals surface area contributed by atoms with Gasteiger partial charge in [-0.3, -0.25) is 4.79 Å². The molecule has 1 amide bonds. The van der Waals surface area contributed by atoms with E-state index < -0.39 is 24.3 Å². The molecule has 0 aliphatic carbocycles. The van der Waals surface area contributed by atoms with Crippen molar-refractivity contribution < 1.29 is 23.5 Å². The van der Waals surface area contributed by atoms with Crippen LogP contribution < -0.4 is 10.1 Å². The van der Waals surface area contributed by atoms with Crippen LogP contribution in [0.2, 0.25) is 5.02 Å². The number of amides is 1. The number of anilines is 1. The van der Waals surface area contributed by atoms with Gasteiger partial charge in [-0.05, 0) is 48.4 Å². The second-order valence-electron chi connectivity index (χ2n) is 5.98. The van der Waals surface area contributed by atoms with Crippen molar-refractivity contribution in [1.82, 2.24) is 0 Å². The quantitative estimate of drug-likeness (QED) is 0.728. The molecule has 0 radical (unpaired) electrons. The Morgan fingerprint density at radius 3 is 2.46 bits per heavy atom. The first kappa shape index (κ1) is 19.7. The van der Waals surface area contributed by atoms with Crippen molar-refractivity contribution in [3.05, 3.63) is 58.9 Å². The summed E-state index contributed by atoms with van der Waals surface area (Å²) in [5, 5.41) is 2.53. The van der Waals surface area contributed by atoms with Crippen molar-refractivity contribution in [2.45, 2.75) is 13.8 Å². The van der Waals surface area contributed by atoms with Crippen LogP contribution in [-0.4, -0.2) is 25.1 Å². The Hall–Kier alpha value is -2.60. The Kier molecular flexibility index (Phi) is 6.97. The lowest BCUT2D eigenvalue weighted by atomic mass is 10.2. The van der Waals surface area contributed by atoms with Crippen LogP contribution in [0.25, 0.3) is 0 Å². The molecule has 0 atom stereocenters. The van der Waals surface area contributed by atoms with Gasteiger partial charge in [0.25, 0.3) is 5.91 Å². The molecule has 0 heterocycles. The van der Waals surface area contributed by atoms with Gasteiger partial charge in [0.15, 0.2) is 6.61 Å². The SMILES string of the molecule is CC(C)COc1ccc(C(=O)OCC(=O)Nc2ccc(Cl)cc2F)cc1. The predicted octanol–water partition coefficient (Wildman–Crippen LogP) is 4.31. The maximum Gasteiger partial charge on any atom is 0.338 e. The second-order valence-corrected chi connectivity index (χ2v) is 6.41. The fourth-order valence-electron chi connectivity index (χ4n) is 1.94. The van der Waals surface area contributed by atoms with E-state index in [0.29, 0.717) is 18.3 Å². The van der Waals surface area contributed by atoms with Gasteiger partial charge in [0.2, 0.25) is 0 Å². The van der Waals surface area contributed by atoms with Gasteiger partial charge in [-0.25, -0.2) is 9.18 Å². The number of benzene rings is 2. The molecule has 0 saturated carbocycles. The third-order valence-electron chi connectivity index (χ3n) is 3.21. The number of nitrogens with one attached hydrogen (secondary N) is 1. The molecule has 2 rings (SSSR count). The van der Waals surface area contributed by atoms with Crippen LogP contribution in [0.3, 0.4) is 0 Å². The topological polar surface area (TPSA) is 64.6 Å². The van der Waals surface area contributed by atoms with Gasteiger partial charge < -0.3 is 14.8 Å². The molecule has 2 aromatic carbocycles. The van der Waals surface area contributed by atoms with Crippen molar-refractivity contribution in [3.63, 3.8) is 0 Å². The van der Waals surface area contributed by atoms with E-state index in [-0.39, 0.29) is 16.3 Å². The second kappa shape index (κ2) is 9.20. The Bertz CT molecular complexity index is 778. The minimum Gasteiger partial charge on any atom is -0.493 e. The Morgan fingerprint density at radius 2 is 1.85 bits per heavy atom. The molecular weight excluding hydrogens is 361 g/mol. The minimum absolute atomic E-state index is 0.0397. The zero-order valence-corrected chi connectivity index (χ0v) is 15.2. The molecule has 26 heavy (non-hydrogen) atoms. The molecule has 0 aromatic heterocycles. The first-order valence-corrected chi connectivity index (χ1v) is 8.38. The Labute approximate surface area is 156 Å². The number of carbonyl (C=O) groups excluding carboxylic acids is 2. The summed E-state index contributed by atoms with van der Waals surface area (Å²) in [5.41, 5.74) is 0.245. The highest BCUT2D eigenvalue weighted by Gasteiger charge is 2.12. The van der Waals surface area contributed by atoms with E-state index in [1.165, 1.54) is 12.1 Å². The van der Waals surface area contributed by atoms with Crippen LogP contribution in [0.4, 0.5) is 10.1 Å². The molecule has 0 aliphatic heterocycles. The molecular formula is C19H19ClFNO4. The van der Waals surface area contributed by atoms with E-state index >= 15 is 0 Å². The third kappa shape index (κ3) is 6.04. The lowest BCUT2D eigenvalue weighted by molar-refractivity contribution is -0.119. The molecule has 5 nitrogen and oxygen atoms in total. The van der Waals surface area contributed by atoms with E-state index in [4.69, 9.17) is 21.1 Å². The van der Waals surface area contributed by atoms with Gasteiger partial charge in [-0.1, -0.05) is 25.4 Å². The summed E-state index contributed by atoms with van der Waals surface area (Å²) in [5.74, 6) is -0.951. The van der Waals surface area contributed by atoms with E-state index in [2.05, 4.69) is 5.32 Å². The van der Waals surface area contributed by atoms with Crippen molar-refractivity contribution >= 4 is 29.2 Å². The van der Waals surface area contributed by atoms with Gasteiger partial charge in [-0.2, -0.15) is 0 Å². The van der Waals surface area contributed by atoms with E-state index in [9.17, 15) is 14.0 Å². The largest absolute Gasteiger partial charge is 0.493 e. The highest BCUT2D eigenvalue weighted by atomic mass is 35.5. The summed E-state index contributed by atoms with van der Waals surface area (Å²) in [7, 11) is 0. The first-order valence-electron chi connectivity index (χ1n) is 8.00. The van der Waals surface area contributed by atoms with E-state index in [0.717, 1.165) is 6.07 Å². The predicted molar refractivity (Wildman–Crippen MR) is 97.1 cm³/mol. The molecule has 0 bridgehead atoms. The van der Waals surface area contributed by atoms with Crippen molar-refractivity contribution in [1.29, 1.82) is 0 Å². The number of ether oxygens (including phenoxy) is 2. The Balaban J connectivity index is 1.84. The van der Waals surface area contributed by atoms with Crippen LogP contribution in [0.5, 0.6) is 5.75 Å². The minimum atomic E-state index is -0.672. The number of halogens is 2. The molecule has 0 fully saturated rings. The number of esters is 1. The summed E-state index contributed by atoms with van der Waals surface area (Å²) >= 11 is 5.64. The molecule has 0 aliphatic rings. The average Bonchev–Trinajstić information content (AvgIpc) is 2.60. The zero-order valence-electron chi connectivity index (χ0n) is 14.4. The van der Waals surface area contributed by atoms with Gasteiger partial charge in [0, 0.05) is 5.02 Å². The lowest BCUT2D eigenvalue weighted by Gasteiger charge is -2.10. The smallest absolute Gasteiger partial charge is 0.338 e. The van der Waals surface area contributed by atoms with Gasteiger partial charge in [0.05, 0.1) is 17.9 Å². The fraction of sp³-hybridized carbons (Fsp3) is 0.263. The highest BCUT2D eigenvalue weighted by molar-refractivity contribution is 6.30. The monoisotopic (exact) mass is 379 g/mol. The molecule has 7 heteroatoms. The van der Waals surface area contributed by atoms with Crippen LogP contribution in [0, 0.1) is 11.7 Å². The summed E-state index contributed by atoms with van der Waals surface area (Å²) in [6.07, 6.45) is 0. The molecule has 0 spiro atoms. The van der Waals surface area contributed by atoms with Gasteiger partial charge in [0.1, 0.15) is 11.6 Å². The maximum atomic E-state index is 13.6. The number of carbonyl (C=O) groups is 2. The zero-order chi connectivity index (χ0) is 19.1. The maximum absolute atomic E-state index is 13.6. The summed E-state index contributed by atoms with van der Waals surface area (Å²) < 4.78 is 24.1. The van der Waals surface area contributed by atoms with E-state index in [1.807, 2.05) is 13.8 Å². The first-order chi connectivity index (χ1) is 12.3. The van der Waals surface area contributed by atoms with E-state index in [1.54, 1.807) is 24.3 Å². The van der Waals surface area contributed by atoms with Crippen molar-refractivity contribution in [3.8, 4) is 5.75 Å². The average molecular weight is 380 g/mol. The standard InChI is InChI=1S/C19H19ClFNO4/c1-12(2)10-25-15-6-3-13(4-7-15)19(24)26-11-18(23)22-17-8-5-14(20)9-16(17)21/h3-9,12H,10-11H2,1-2H3,(H,22,23). The number of hydrogen-bond acceptors (Lipinski definition) is 4. The number of hydrogen-bond donors (Lipinski definition) is 1. The van der Waals surface area contributed by atoms with Crippen molar-refractivity contribution in [2.24, 2.45) is 5.92 Å². The van der Waals surface area contributed by atoms with Crippen molar-refractivity contribution in [2.75, 3.05) is 18.5 Å². The van der Waals surface area contributed by atoms with Crippen LogP contribution in [-0.2, 0) is 9.53 Å².